The molecule has 3 aromatic rings. The summed E-state index contributed by atoms with van der Waals surface area (Å²) in [5.41, 5.74) is 4.89. The first-order valence-corrected chi connectivity index (χ1v) is 9.12. The topological polar surface area (TPSA) is 64.0 Å². The minimum Gasteiger partial charge on any atom is -1.00 e. The van der Waals surface area contributed by atoms with Gasteiger partial charge in [0.15, 0.2) is 0 Å². The van der Waals surface area contributed by atoms with Crippen molar-refractivity contribution in [1.82, 2.24) is 9.97 Å². The van der Waals surface area contributed by atoms with Gasteiger partial charge in [0.2, 0.25) is 0 Å². The van der Waals surface area contributed by atoms with Crippen LogP contribution in [0.3, 0.4) is 0 Å². The molecule has 0 bridgehead atoms. The highest BCUT2D eigenvalue weighted by Crippen LogP contribution is 2.34. The molecule has 0 fully saturated rings. The van der Waals surface area contributed by atoms with Gasteiger partial charge in [-0.1, -0.05) is 16.4 Å². The van der Waals surface area contributed by atoms with E-state index in [-0.39, 0.29) is 17.0 Å². The van der Waals surface area contributed by atoms with E-state index < -0.39 is 0 Å². The van der Waals surface area contributed by atoms with Crippen molar-refractivity contribution < 1.29 is 27.1 Å². The molecule has 2 aromatic heterocycles. The van der Waals surface area contributed by atoms with Crippen molar-refractivity contribution in [2.75, 3.05) is 7.11 Å². The second-order valence-corrected chi connectivity index (χ2v) is 7.55. The molecule has 0 radical (unpaired) electrons. The van der Waals surface area contributed by atoms with Crippen molar-refractivity contribution in [2.45, 2.75) is 20.8 Å². The number of hydrogen-bond acceptors (Lipinski definition) is 6. The summed E-state index contributed by atoms with van der Waals surface area (Å²) in [5.74, 6) is 0.843. The largest absolute Gasteiger partial charge is 1.00 e. The zero-order chi connectivity index (χ0) is 17.1. The van der Waals surface area contributed by atoms with Crippen molar-refractivity contribution in [3.63, 3.8) is 0 Å². The number of thiazole rings is 2. The molecule has 0 spiro atoms. The minimum atomic E-state index is 0. The van der Waals surface area contributed by atoms with E-state index in [0.29, 0.717) is 0 Å². The first kappa shape index (κ1) is 19.7. The molecule has 2 heterocycles. The lowest BCUT2D eigenvalue weighted by atomic mass is 10.1. The smallest absolute Gasteiger partial charge is 0.310 e. The monoisotopic (exact) mass is 438 g/mol. The Kier molecular flexibility index (Phi) is 6.83. The van der Waals surface area contributed by atoms with Gasteiger partial charge in [0.25, 0.3) is 0 Å². The molecule has 0 saturated carbocycles. The van der Waals surface area contributed by atoms with Crippen LogP contribution in [0.25, 0.3) is 9.75 Å². The maximum Gasteiger partial charge on any atom is 0.310 e. The van der Waals surface area contributed by atoms with Crippen molar-refractivity contribution in [3.8, 4) is 15.5 Å². The molecular formula is C17H19BrN4OS2. The molecule has 0 aliphatic carbocycles. The molecule has 3 rings (SSSR count). The first-order chi connectivity index (χ1) is 11.6. The molecule has 2 N–H and O–H groups in total. The zero-order valence-electron chi connectivity index (χ0n) is 14.4. The second kappa shape index (κ2) is 8.66. The van der Waals surface area contributed by atoms with E-state index in [0.717, 1.165) is 37.7 Å². The average molecular weight is 439 g/mol. The van der Waals surface area contributed by atoms with Crippen LogP contribution in [0.1, 0.15) is 23.2 Å². The molecule has 0 aliphatic heterocycles. The van der Waals surface area contributed by atoms with Crippen molar-refractivity contribution in [1.29, 1.82) is 0 Å². The summed E-state index contributed by atoms with van der Waals surface area (Å²) in [4.78, 5) is 11.3. The van der Waals surface area contributed by atoms with Gasteiger partial charge in [0.05, 0.1) is 33.8 Å². The van der Waals surface area contributed by atoms with Gasteiger partial charge in [0.1, 0.15) is 11.5 Å². The highest BCUT2D eigenvalue weighted by molar-refractivity contribution is 7.23. The van der Waals surface area contributed by atoms with Crippen LogP contribution in [0.4, 0.5) is 5.13 Å². The summed E-state index contributed by atoms with van der Waals surface area (Å²) >= 11 is 3.34. The van der Waals surface area contributed by atoms with Crippen LogP contribution in [0.15, 0.2) is 35.6 Å². The number of aryl methyl sites for hydroxylation is 2. The zero-order valence-corrected chi connectivity index (χ0v) is 17.6. The number of nitrogens with two attached hydrogens (primary N) is 1. The van der Waals surface area contributed by atoms with Crippen LogP contribution in [-0.2, 0) is 0 Å². The molecule has 0 saturated heterocycles. The molecule has 132 valence electrons. The quantitative estimate of drug-likeness (QED) is 0.358. The molecule has 1 aromatic carbocycles. The number of benzene rings is 1. The Morgan fingerprint density at radius 2 is 1.88 bits per heavy atom. The lowest BCUT2D eigenvalue weighted by Crippen LogP contribution is -3.00. The predicted octanol–water partition coefficient (Wildman–Crippen LogP) is 0.515. The third-order valence-electron chi connectivity index (χ3n) is 3.53. The highest BCUT2D eigenvalue weighted by Gasteiger charge is 2.13. The number of aromatic nitrogens is 2. The Morgan fingerprint density at radius 1 is 1.16 bits per heavy atom. The normalized spacial score (nSPS) is 11.3. The number of halogens is 1. The summed E-state index contributed by atoms with van der Waals surface area (Å²) < 4.78 is 5.17. The summed E-state index contributed by atoms with van der Waals surface area (Å²) in [6, 6.07) is 7.87. The number of hydrogen-bond donors (Lipinski definition) is 1. The highest BCUT2D eigenvalue weighted by atomic mass is 79.9. The lowest BCUT2D eigenvalue weighted by molar-refractivity contribution is -0.577. The molecule has 0 unspecified atom stereocenters. The van der Waals surface area contributed by atoms with Crippen LogP contribution in [0, 0.1) is 13.8 Å². The molecule has 5 nitrogen and oxygen atoms in total. The van der Waals surface area contributed by atoms with Crippen LogP contribution in [-0.4, -0.2) is 22.8 Å². The van der Waals surface area contributed by atoms with E-state index >= 15 is 0 Å². The van der Waals surface area contributed by atoms with Crippen LogP contribution in [0.5, 0.6) is 5.75 Å². The van der Waals surface area contributed by atoms with E-state index in [1.165, 1.54) is 4.88 Å². The van der Waals surface area contributed by atoms with E-state index in [1.54, 1.807) is 29.8 Å². The molecular weight excluding hydrogens is 420 g/mol. The Labute approximate surface area is 165 Å². The SMILES string of the molecule is COc1ccc(/C(C)=N/[NH2+]c2ncc(-c3sc(C)nc3C)s2)cc1.[Br-]. The fourth-order valence-corrected chi connectivity index (χ4v) is 4.13. The Balaban J connectivity index is 0.00000225. The fraction of sp³-hybridized carbons (Fsp3) is 0.235. The van der Waals surface area contributed by atoms with Gasteiger partial charge in [-0.2, -0.15) is 10.4 Å². The minimum absolute atomic E-state index is 0. The number of rotatable bonds is 5. The van der Waals surface area contributed by atoms with Gasteiger partial charge >= 0.3 is 5.13 Å². The van der Waals surface area contributed by atoms with Crippen LogP contribution >= 0.6 is 22.7 Å². The Hall–Kier alpha value is -1.61. The summed E-state index contributed by atoms with van der Waals surface area (Å²) in [6.45, 7) is 6.05. The van der Waals surface area contributed by atoms with E-state index in [4.69, 9.17) is 4.74 Å². The standard InChI is InChI=1S/C17H18N4OS2.BrH/c1-10(13-5-7-14(22-4)8-6-13)20-21-17-18-9-15(24-17)16-11(2)19-12(3)23-16;/h5-9H,1-4H3,(H,18,21);1H/b20-10+;. The van der Waals surface area contributed by atoms with Gasteiger partial charge in [0, 0.05) is 5.56 Å². The fourth-order valence-electron chi connectivity index (χ4n) is 2.27. The third kappa shape index (κ3) is 4.72. The maximum atomic E-state index is 5.17. The summed E-state index contributed by atoms with van der Waals surface area (Å²) in [6.07, 6.45) is 1.90. The molecule has 25 heavy (non-hydrogen) atoms. The Morgan fingerprint density at radius 3 is 2.48 bits per heavy atom. The molecule has 8 heteroatoms. The average Bonchev–Trinajstić information content (AvgIpc) is 3.18. The van der Waals surface area contributed by atoms with Crippen molar-refractivity contribution in [3.05, 3.63) is 46.7 Å². The van der Waals surface area contributed by atoms with Gasteiger partial charge < -0.3 is 21.7 Å². The van der Waals surface area contributed by atoms with Gasteiger partial charge in [-0.15, -0.1) is 11.3 Å². The van der Waals surface area contributed by atoms with Gasteiger partial charge in [-0.05, 0) is 45.0 Å². The summed E-state index contributed by atoms with van der Waals surface area (Å²) in [7, 11) is 1.66. The van der Waals surface area contributed by atoms with Crippen molar-refractivity contribution >= 4 is 33.5 Å². The van der Waals surface area contributed by atoms with E-state index in [9.17, 15) is 0 Å². The first-order valence-electron chi connectivity index (χ1n) is 7.49. The van der Waals surface area contributed by atoms with Crippen LogP contribution < -0.4 is 27.1 Å². The molecule has 0 aliphatic rings. The number of nitrogens with zero attached hydrogens (tertiary/aromatic N) is 3. The molecule has 0 atom stereocenters. The van der Waals surface area contributed by atoms with Gasteiger partial charge in [-0.3, -0.25) is 0 Å². The van der Waals surface area contributed by atoms with Gasteiger partial charge in [-0.25, -0.2) is 4.98 Å². The predicted molar refractivity (Wildman–Crippen MR) is 99.5 cm³/mol. The third-order valence-corrected chi connectivity index (χ3v) is 5.71. The lowest BCUT2D eigenvalue weighted by Gasteiger charge is -2.01. The Bertz CT molecular complexity index is 871. The summed E-state index contributed by atoms with van der Waals surface area (Å²) in [5, 5.41) is 6.51. The number of quaternary nitrogens is 1. The maximum absolute atomic E-state index is 5.17. The van der Waals surface area contributed by atoms with Crippen LogP contribution in [0.2, 0.25) is 0 Å². The van der Waals surface area contributed by atoms with E-state index in [2.05, 4.69) is 15.1 Å². The molecule has 0 amide bonds. The number of ether oxygens (including phenoxy) is 1. The second-order valence-electron chi connectivity index (χ2n) is 5.28. The van der Waals surface area contributed by atoms with Crippen molar-refractivity contribution in [2.24, 2.45) is 5.10 Å². The number of methoxy groups -OCH3 is 1. The van der Waals surface area contributed by atoms with E-state index in [1.807, 2.05) is 56.7 Å².